The van der Waals surface area contributed by atoms with Crippen molar-refractivity contribution in [2.75, 3.05) is 19.3 Å². The number of hydrogen-bond donors (Lipinski definition) is 2. The first-order chi connectivity index (χ1) is 17.0. The predicted octanol–water partition coefficient (Wildman–Crippen LogP) is 4.59. The first-order valence-electron chi connectivity index (χ1n) is 15.0. The highest BCUT2D eigenvalue weighted by molar-refractivity contribution is 7.88. The van der Waals surface area contributed by atoms with E-state index in [2.05, 4.69) is 20.8 Å². The molecule has 6 nitrogen and oxygen atoms in total. The van der Waals surface area contributed by atoms with Crippen molar-refractivity contribution >= 4 is 10.0 Å². The second-order valence-electron chi connectivity index (χ2n) is 15.8. The van der Waals surface area contributed by atoms with Crippen molar-refractivity contribution in [1.82, 2.24) is 4.31 Å². The lowest BCUT2D eigenvalue weighted by atomic mass is 9.46. The van der Waals surface area contributed by atoms with Crippen LogP contribution < -0.4 is 0 Å². The predicted molar refractivity (Wildman–Crippen MR) is 144 cm³/mol. The lowest BCUT2D eigenvalue weighted by Gasteiger charge is -2.59. The van der Waals surface area contributed by atoms with Crippen molar-refractivity contribution in [2.24, 2.45) is 45.3 Å². The fourth-order valence-electron chi connectivity index (χ4n) is 11.4. The summed E-state index contributed by atoms with van der Waals surface area (Å²) in [6.45, 7) is 11.0. The van der Waals surface area contributed by atoms with Crippen molar-refractivity contribution in [3.05, 3.63) is 0 Å². The molecule has 0 aromatic heterocycles. The van der Waals surface area contributed by atoms with E-state index >= 15 is 0 Å². The lowest BCUT2D eigenvalue weighted by Crippen LogP contribution is -2.54. The van der Waals surface area contributed by atoms with Crippen LogP contribution in [0.5, 0.6) is 0 Å². The Morgan fingerprint density at radius 1 is 0.946 bits per heavy atom. The first-order valence-corrected chi connectivity index (χ1v) is 16.9. The summed E-state index contributed by atoms with van der Waals surface area (Å²) >= 11 is 0. The van der Waals surface area contributed by atoms with Crippen molar-refractivity contribution in [1.29, 1.82) is 0 Å². The molecule has 10 atom stereocenters. The molecule has 212 valence electrons. The molecule has 0 aromatic rings. The Morgan fingerprint density at radius 2 is 1.65 bits per heavy atom. The molecule has 37 heavy (non-hydrogen) atoms. The molecule has 0 bridgehead atoms. The van der Waals surface area contributed by atoms with E-state index in [0.29, 0.717) is 40.5 Å². The number of rotatable bonds is 5. The van der Waals surface area contributed by atoms with Crippen LogP contribution in [0.3, 0.4) is 0 Å². The van der Waals surface area contributed by atoms with Gasteiger partial charge in [0.25, 0.3) is 0 Å². The molecular formula is C30H51NO5S. The van der Waals surface area contributed by atoms with Crippen molar-refractivity contribution in [2.45, 2.75) is 123 Å². The molecule has 6 rings (SSSR count). The van der Waals surface area contributed by atoms with E-state index < -0.39 is 15.6 Å². The molecule has 0 aromatic carbocycles. The summed E-state index contributed by atoms with van der Waals surface area (Å²) < 4.78 is 33.2. The van der Waals surface area contributed by atoms with Gasteiger partial charge in [0.15, 0.2) is 0 Å². The number of ether oxygens (including phenoxy) is 1. The normalized spacial score (nSPS) is 50.5. The molecule has 1 heterocycles. The lowest BCUT2D eigenvalue weighted by molar-refractivity contribution is -0.135. The molecule has 2 N–H and O–H groups in total. The zero-order valence-corrected chi connectivity index (χ0v) is 24.8. The monoisotopic (exact) mass is 537 g/mol. The van der Waals surface area contributed by atoms with E-state index in [1.165, 1.54) is 49.1 Å². The van der Waals surface area contributed by atoms with Gasteiger partial charge in [0.2, 0.25) is 10.0 Å². The molecular weight excluding hydrogens is 486 g/mol. The van der Waals surface area contributed by atoms with Crippen LogP contribution in [0, 0.1) is 45.3 Å². The highest BCUT2D eigenvalue weighted by atomic mass is 32.2. The van der Waals surface area contributed by atoms with Gasteiger partial charge in [-0.3, -0.25) is 0 Å². The maximum atomic E-state index is 12.5. The van der Waals surface area contributed by atoms with E-state index in [1.807, 2.05) is 0 Å². The molecule has 5 aliphatic carbocycles. The quantitative estimate of drug-likeness (QED) is 0.536. The van der Waals surface area contributed by atoms with Gasteiger partial charge in [-0.1, -0.05) is 20.8 Å². The average molecular weight is 538 g/mol. The Hall–Kier alpha value is -0.210. The van der Waals surface area contributed by atoms with Crippen LogP contribution in [0.4, 0.5) is 0 Å². The van der Waals surface area contributed by atoms with Gasteiger partial charge in [0.1, 0.15) is 0 Å². The molecule has 7 unspecified atom stereocenters. The Bertz CT molecular complexity index is 1040. The second kappa shape index (κ2) is 8.18. The van der Waals surface area contributed by atoms with Crippen LogP contribution >= 0.6 is 0 Å². The number of hydrogen-bond acceptors (Lipinski definition) is 5. The standard InChI is InChI=1S/C30H51NO5S/c1-26(2,33)18-31(37(6,34)35)16-19-7-8-21-23(36-19)15-22-20-9-10-24-27(3,4)25(32)11-12-30(24)17-29(20,30)14-13-28(21,22)5/h19-25,32-33H,7-18H2,1-6H3/t19?,20?,21?,22?,23?,24?,25-,28+,29-,30?/m0/s1. The van der Waals surface area contributed by atoms with E-state index in [0.717, 1.165) is 31.6 Å². The van der Waals surface area contributed by atoms with E-state index in [-0.39, 0.29) is 30.3 Å². The third-order valence-corrected chi connectivity index (χ3v) is 14.3. The maximum Gasteiger partial charge on any atom is 0.211 e. The van der Waals surface area contributed by atoms with Crippen molar-refractivity contribution in [3.63, 3.8) is 0 Å². The Balaban J connectivity index is 1.20. The number of nitrogens with zero attached hydrogens (tertiary/aromatic N) is 1. The second-order valence-corrected chi connectivity index (χ2v) is 17.8. The minimum absolute atomic E-state index is 0.0299. The van der Waals surface area contributed by atoms with Crippen molar-refractivity contribution < 1.29 is 23.4 Å². The Morgan fingerprint density at radius 3 is 2.32 bits per heavy atom. The molecule has 5 saturated carbocycles. The Labute approximate surface area is 225 Å². The minimum atomic E-state index is -3.42. The van der Waals surface area contributed by atoms with Gasteiger partial charge >= 0.3 is 0 Å². The highest BCUT2D eigenvalue weighted by Gasteiger charge is 2.80. The topological polar surface area (TPSA) is 87.1 Å². The smallest absolute Gasteiger partial charge is 0.211 e. The fraction of sp³-hybridized carbons (Fsp3) is 1.00. The fourth-order valence-corrected chi connectivity index (χ4v) is 12.4. The van der Waals surface area contributed by atoms with Crippen LogP contribution in [0.25, 0.3) is 0 Å². The first kappa shape index (κ1) is 27.0. The van der Waals surface area contributed by atoms with Gasteiger partial charge in [0, 0.05) is 13.1 Å². The molecule has 7 heteroatoms. The molecule has 6 fully saturated rings. The highest BCUT2D eigenvalue weighted by Crippen LogP contribution is 2.87. The molecule has 1 aliphatic heterocycles. The van der Waals surface area contributed by atoms with Crippen LogP contribution in [0.2, 0.25) is 0 Å². The van der Waals surface area contributed by atoms with Crippen LogP contribution in [-0.4, -0.2) is 66.2 Å². The van der Waals surface area contributed by atoms with E-state index in [1.54, 1.807) is 13.8 Å². The molecule has 0 amide bonds. The van der Waals surface area contributed by atoms with E-state index in [9.17, 15) is 18.6 Å². The largest absolute Gasteiger partial charge is 0.393 e. The summed E-state index contributed by atoms with van der Waals surface area (Å²) in [6.07, 6.45) is 13.2. The van der Waals surface area contributed by atoms with Gasteiger partial charge in [-0.25, -0.2) is 8.42 Å². The maximum absolute atomic E-state index is 12.5. The van der Waals surface area contributed by atoms with Crippen LogP contribution in [0.1, 0.15) is 98.8 Å². The average Bonchev–Trinajstić information content (AvgIpc) is 3.35. The number of fused-ring (bicyclic) bond motifs is 4. The molecule has 6 aliphatic rings. The summed E-state index contributed by atoms with van der Waals surface area (Å²) in [5.74, 6) is 2.71. The SMILES string of the molecule is CC(C)(O)CN(CC1CCC2C(CC3C4CCC5C(C)(C)[C@@H](O)CCC56C[C@@]46CC[C@]23C)O1)S(C)(=O)=O. The molecule has 0 radical (unpaired) electrons. The molecule has 1 saturated heterocycles. The van der Waals surface area contributed by atoms with Gasteiger partial charge in [-0.15, -0.1) is 0 Å². The van der Waals surface area contributed by atoms with E-state index in [4.69, 9.17) is 4.74 Å². The van der Waals surface area contributed by atoms with Gasteiger partial charge < -0.3 is 14.9 Å². The Kier molecular flexibility index (Phi) is 5.96. The van der Waals surface area contributed by atoms with Crippen LogP contribution in [-0.2, 0) is 14.8 Å². The minimum Gasteiger partial charge on any atom is -0.393 e. The van der Waals surface area contributed by atoms with Gasteiger partial charge in [-0.05, 0) is 123 Å². The zero-order valence-electron chi connectivity index (χ0n) is 24.0. The summed E-state index contributed by atoms with van der Waals surface area (Å²) in [6, 6.07) is 0. The summed E-state index contributed by atoms with van der Waals surface area (Å²) in [5, 5.41) is 21.2. The third kappa shape index (κ3) is 3.87. The molecule has 2 spiro atoms. The van der Waals surface area contributed by atoms with Crippen molar-refractivity contribution in [3.8, 4) is 0 Å². The number of sulfonamides is 1. The summed E-state index contributed by atoms with van der Waals surface area (Å²) in [4.78, 5) is 0. The van der Waals surface area contributed by atoms with Gasteiger partial charge in [-0.2, -0.15) is 4.31 Å². The number of aliphatic hydroxyl groups is 2. The number of aliphatic hydroxyl groups excluding tert-OH is 1. The summed E-state index contributed by atoms with van der Waals surface area (Å²) in [7, 11) is -3.42. The zero-order chi connectivity index (χ0) is 26.8. The third-order valence-electron chi connectivity index (χ3n) is 13.1. The van der Waals surface area contributed by atoms with Crippen LogP contribution in [0.15, 0.2) is 0 Å². The summed E-state index contributed by atoms with van der Waals surface area (Å²) in [5.41, 5.74) is 0.235. The van der Waals surface area contributed by atoms with Gasteiger partial charge in [0.05, 0.1) is 30.2 Å².